The molecule has 0 saturated heterocycles. The van der Waals surface area contributed by atoms with Crippen LogP contribution in [0.15, 0.2) is 47.8 Å². The van der Waals surface area contributed by atoms with Gasteiger partial charge in [0.15, 0.2) is 6.10 Å². The zero-order chi connectivity index (χ0) is 23.1. The van der Waals surface area contributed by atoms with Crippen molar-refractivity contribution >= 4 is 40.5 Å². The summed E-state index contributed by atoms with van der Waals surface area (Å²) in [6.07, 6.45) is -1.08. The van der Waals surface area contributed by atoms with Crippen LogP contribution in [0.4, 0.5) is 5.69 Å². The smallest absolute Gasteiger partial charge is 0.312 e. The summed E-state index contributed by atoms with van der Waals surface area (Å²) in [4.78, 5) is 29.1. The number of anilines is 1. The molecule has 0 aliphatic carbocycles. The Morgan fingerprint density at radius 1 is 1.28 bits per heavy atom. The van der Waals surface area contributed by atoms with Crippen LogP contribution >= 0.6 is 22.9 Å². The molecule has 164 valence electrons. The molecular formula is C23H20ClN3O4S. The SMILES string of the molecule is CCOc1ccccc1-c1nc(CC(=O)OC(C)C(=O)Nc2ccc(C#N)c(Cl)c2)cs1. The van der Waals surface area contributed by atoms with Gasteiger partial charge in [-0.25, -0.2) is 4.98 Å². The lowest BCUT2D eigenvalue weighted by molar-refractivity contribution is -0.152. The number of benzene rings is 2. The molecule has 1 amide bonds. The molecule has 9 heteroatoms. The Morgan fingerprint density at radius 3 is 2.78 bits per heavy atom. The van der Waals surface area contributed by atoms with Gasteiger partial charge in [-0.3, -0.25) is 9.59 Å². The quantitative estimate of drug-likeness (QED) is 0.473. The molecule has 0 aliphatic rings. The Bertz CT molecular complexity index is 1170. The predicted octanol–water partition coefficient (Wildman–Crippen LogP) is 4.85. The summed E-state index contributed by atoms with van der Waals surface area (Å²) in [5, 5.41) is 14.3. The lowest BCUT2D eigenvalue weighted by Gasteiger charge is -2.13. The predicted molar refractivity (Wildman–Crippen MR) is 123 cm³/mol. The highest BCUT2D eigenvalue weighted by atomic mass is 35.5. The first kappa shape index (κ1) is 23.3. The van der Waals surface area contributed by atoms with Crippen molar-refractivity contribution in [1.82, 2.24) is 4.98 Å². The molecule has 0 aliphatic heterocycles. The topological polar surface area (TPSA) is 101 Å². The number of amides is 1. The van der Waals surface area contributed by atoms with Crippen molar-refractivity contribution in [2.45, 2.75) is 26.4 Å². The van der Waals surface area contributed by atoms with Crippen LogP contribution in [0.1, 0.15) is 25.1 Å². The van der Waals surface area contributed by atoms with E-state index in [2.05, 4.69) is 10.3 Å². The second-order valence-electron chi connectivity index (χ2n) is 6.68. The Balaban J connectivity index is 1.58. The van der Waals surface area contributed by atoms with Crippen molar-refractivity contribution < 1.29 is 19.1 Å². The van der Waals surface area contributed by atoms with Gasteiger partial charge in [-0.05, 0) is 44.2 Å². The summed E-state index contributed by atoms with van der Waals surface area (Å²) >= 11 is 7.37. The summed E-state index contributed by atoms with van der Waals surface area (Å²) in [5.41, 5.74) is 2.11. The highest BCUT2D eigenvalue weighted by Gasteiger charge is 2.20. The van der Waals surface area contributed by atoms with Gasteiger partial charge in [-0.2, -0.15) is 5.26 Å². The number of hydrogen-bond donors (Lipinski definition) is 1. The second kappa shape index (κ2) is 10.8. The van der Waals surface area contributed by atoms with E-state index in [1.807, 2.05) is 37.3 Å². The zero-order valence-electron chi connectivity index (χ0n) is 17.4. The fourth-order valence-corrected chi connectivity index (χ4v) is 3.88. The summed E-state index contributed by atoms with van der Waals surface area (Å²) in [5.74, 6) is -0.351. The van der Waals surface area contributed by atoms with Crippen LogP contribution in [0, 0.1) is 11.3 Å². The van der Waals surface area contributed by atoms with Crippen LogP contribution in [0.25, 0.3) is 10.6 Å². The Hall–Kier alpha value is -3.41. The molecule has 1 N–H and O–H groups in total. The minimum atomic E-state index is -1.02. The molecule has 1 heterocycles. The standard InChI is InChI=1S/C23H20ClN3O4S/c1-3-30-20-7-5-4-6-18(20)23-27-17(13-32-23)11-21(28)31-14(2)22(29)26-16-9-8-15(12-25)19(24)10-16/h4-10,13-14H,3,11H2,1-2H3,(H,26,29). The number of hydrogen-bond acceptors (Lipinski definition) is 7. The maximum Gasteiger partial charge on any atom is 0.312 e. The molecule has 1 atom stereocenters. The van der Waals surface area contributed by atoms with Crippen LogP contribution in [0.5, 0.6) is 5.75 Å². The molecule has 3 rings (SSSR count). The minimum absolute atomic E-state index is 0.0619. The summed E-state index contributed by atoms with van der Waals surface area (Å²) in [6, 6.07) is 14.0. The number of ether oxygens (including phenoxy) is 2. The third kappa shape index (κ3) is 5.84. The van der Waals surface area contributed by atoms with Crippen LogP contribution in [-0.4, -0.2) is 29.6 Å². The van der Waals surface area contributed by atoms with Gasteiger partial charge in [0, 0.05) is 11.1 Å². The first-order valence-electron chi connectivity index (χ1n) is 9.77. The molecule has 0 radical (unpaired) electrons. The number of para-hydroxylation sites is 1. The number of nitriles is 1. The summed E-state index contributed by atoms with van der Waals surface area (Å²) in [7, 11) is 0. The van der Waals surface area contributed by atoms with E-state index in [0.717, 1.165) is 16.3 Å². The second-order valence-corrected chi connectivity index (χ2v) is 7.94. The van der Waals surface area contributed by atoms with Crippen molar-refractivity contribution in [3.05, 3.63) is 64.1 Å². The van der Waals surface area contributed by atoms with Crippen LogP contribution in [0.2, 0.25) is 5.02 Å². The Labute approximate surface area is 194 Å². The number of aromatic nitrogens is 1. The Morgan fingerprint density at radius 2 is 2.06 bits per heavy atom. The van der Waals surface area contributed by atoms with E-state index in [9.17, 15) is 9.59 Å². The molecular weight excluding hydrogens is 450 g/mol. The average molecular weight is 470 g/mol. The molecule has 1 aromatic heterocycles. The molecule has 32 heavy (non-hydrogen) atoms. The third-order valence-corrected chi connectivity index (χ3v) is 5.57. The van der Waals surface area contributed by atoms with Crippen LogP contribution < -0.4 is 10.1 Å². The highest BCUT2D eigenvalue weighted by Crippen LogP contribution is 2.32. The van der Waals surface area contributed by atoms with Gasteiger partial charge in [-0.15, -0.1) is 11.3 Å². The van der Waals surface area contributed by atoms with Gasteiger partial charge in [0.1, 0.15) is 16.8 Å². The lowest BCUT2D eigenvalue weighted by atomic mass is 10.2. The normalized spacial score (nSPS) is 11.3. The Kier molecular flexibility index (Phi) is 7.82. The number of halogens is 1. The van der Waals surface area contributed by atoms with Gasteiger partial charge in [0.25, 0.3) is 5.91 Å². The lowest BCUT2D eigenvalue weighted by Crippen LogP contribution is -2.30. The van der Waals surface area contributed by atoms with Crippen molar-refractivity contribution in [3.63, 3.8) is 0 Å². The first-order valence-corrected chi connectivity index (χ1v) is 11.0. The van der Waals surface area contributed by atoms with Gasteiger partial charge >= 0.3 is 5.97 Å². The number of thiazole rings is 1. The first-order chi connectivity index (χ1) is 15.4. The number of carbonyl (C=O) groups excluding carboxylic acids is 2. The molecule has 0 saturated carbocycles. The zero-order valence-corrected chi connectivity index (χ0v) is 19.0. The maximum atomic E-state index is 12.3. The monoisotopic (exact) mass is 469 g/mol. The van der Waals surface area contributed by atoms with Crippen molar-refractivity contribution in [1.29, 1.82) is 5.26 Å². The molecule has 1 unspecified atom stereocenters. The van der Waals surface area contributed by atoms with E-state index < -0.39 is 18.0 Å². The molecule has 7 nitrogen and oxygen atoms in total. The number of esters is 1. The van der Waals surface area contributed by atoms with E-state index in [1.165, 1.54) is 30.4 Å². The summed E-state index contributed by atoms with van der Waals surface area (Å²) < 4.78 is 10.9. The molecule has 0 bridgehead atoms. The van der Waals surface area contributed by atoms with Crippen LogP contribution in [0.3, 0.4) is 0 Å². The van der Waals surface area contributed by atoms with Crippen molar-refractivity contribution in [2.75, 3.05) is 11.9 Å². The van der Waals surface area contributed by atoms with E-state index in [1.54, 1.807) is 11.4 Å². The molecule has 3 aromatic rings. The number of rotatable bonds is 8. The van der Waals surface area contributed by atoms with E-state index in [-0.39, 0.29) is 11.4 Å². The number of nitrogens with zero attached hydrogens (tertiary/aromatic N) is 2. The molecule has 0 fully saturated rings. The van der Waals surface area contributed by atoms with E-state index in [0.29, 0.717) is 23.6 Å². The van der Waals surface area contributed by atoms with Gasteiger partial charge in [-0.1, -0.05) is 23.7 Å². The third-order valence-electron chi connectivity index (χ3n) is 4.33. The van der Waals surface area contributed by atoms with Crippen LogP contribution in [-0.2, 0) is 20.7 Å². The average Bonchev–Trinajstić information content (AvgIpc) is 3.22. The maximum absolute atomic E-state index is 12.3. The summed E-state index contributed by atoms with van der Waals surface area (Å²) in [6.45, 7) is 3.92. The fourth-order valence-electron chi connectivity index (χ4n) is 2.80. The fraction of sp³-hybridized carbons (Fsp3) is 0.217. The van der Waals surface area contributed by atoms with Gasteiger partial charge < -0.3 is 14.8 Å². The largest absolute Gasteiger partial charge is 0.493 e. The molecule has 0 spiro atoms. The minimum Gasteiger partial charge on any atom is -0.493 e. The van der Waals surface area contributed by atoms with Crippen molar-refractivity contribution in [2.24, 2.45) is 0 Å². The van der Waals surface area contributed by atoms with Gasteiger partial charge in [0.05, 0.1) is 34.9 Å². The van der Waals surface area contributed by atoms with Crippen molar-refractivity contribution in [3.8, 4) is 22.4 Å². The van der Waals surface area contributed by atoms with E-state index >= 15 is 0 Å². The highest BCUT2D eigenvalue weighted by molar-refractivity contribution is 7.13. The van der Waals surface area contributed by atoms with Gasteiger partial charge in [0.2, 0.25) is 0 Å². The number of carbonyl (C=O) groups is 2. The number of nitrogens with one attached hydrogen (secondary N) is 1. The molecule has 2 aromatic carbocycles. The van der Waals surface area contributed by atoms with E-state index in [4.69, 9.17) is 26.3 Å².